The molecular weight excluding hydrogens is 320 g/mol. The molecule has 0 saturated carbocycles. The van der Waals surface area contributed by atoms with Crippen LogP contribution < -0.4 is 5.32 Å². The number of amides is 1. The summed E-state index contributed by atoms with van der Waals surface area (Å²) in [6.07, 6.45) is 8.25. The number of likely N-dealkylation sites (tertiary alicyclic amines) is 1. The maximum absolute atomic E-state index is 11.1. The van der Waals surface area contributed by atoms with E-state index in [9.17, 15) is 4.79 Å². The van der Waals surface area contributed by atoms with Crippen LogP contribution in [0.2, 0.25) is 0 Å². The Morgan fingerprint density at radius 2 is 2.08 bits per heavy atom. The van der Waals surface area contributed by atoms with Gasteiger partial charge in [0.05, 0.1) is 0 Å². The van der Waals surface area contributed by atoms with Crippen LogP contribution in [-0.4, -0.2) is 33.9 Å². The first-order valence-electron chi connectivity index (χ1n) is 8.15. The van der Waals surface area contributed by atoms with Crippen LogP contribution in [-0.2, 0) is 11.3 Å². The summed E-state index contributed by atoms with van der Waals surface area (Å²) in [5.74, 6) is -0.0748. The largest absolute Gasteiger partial charge is 0.302 e. The van der Waals surface area contributed by atoms with Gasteiger partial charge in [0.25, 0.3) is 0 Å². The van der Waals surface area contributed by atoms with Crippen molar-refractivity contribution in [2.75, 3.05) is 18.4 Å². The van der Waals surface area contributed by atoms with E-state index >= 15 is 0 Å². The molecular formula is C18H22N4OS. The van der Waals surface area contributed by atoms with Crippen molar-refractivity contribution in [3.8, 4) is 0 Å². The molecule has 0 bridgehead atoms. The van der Waals surface area contributed by atoms with Crippen LogP contribution >= 0.6 is 11.3 Å². The minimum absolute atomic E-state index is 0.0748. The topological polar surface area (TPSA) is 58.1 Å². The number of piperidine rings is 1. The Labute approximate surface area is 146 Å². The average Bonchev–Trinajstić information content (AvgIpc) is 2.98. The lowest BCUT2D eigenvalue weighted by molar-refractivity contribution is -0.114. The molecule has 3 heterocycles. The minimum atomic E-state index is -0.0748. The highest BCUT2D eigenvalue weighted by molar-refractivity contribution is 7.15. The summed E-state index contributed by atoms with van der Waals surface area (Å²) in [7, 11) is 0. The average molecular weight is 342 g/mol. The quantitative estimate of drug-likeness (QED) is 0.924. The van der Waals surface area contributed by atoms with E-state index in [0.29, 0.717) is 5.13 Å². The first kappa shape index (κ1) is 16.8. The maximum Gasteiger partial charge on any atom is 0.223 e. The highest BCUT2D eigenvalue weighted by Gasteiger charge is 2.15. The second kappa shape index (κ2) is 7.68. The molecule has 3 rings (SSSR count). The van der Waals surface area contributed by atoms with Gasteiger partial charge in [-0.05, 0) is 31.4 Å². The summed E-state index contributed by atoms with van der Waals surface area (Å²) in [6, 6.07) is 4.18. The van der Waals surface area contributed by atoms with Crippen molar-refractivity contribution >= 4 is 28.5 Å². The van der Waals surface area contributed by atoms with Crippen molar-refractivity contribution < 1.29 is 4.79 Å². The lowest BCUT2D eigenvalue weighted by atomic mass is 10.0. The minimum Gasteiger partial charge on any atom is -0.302 e. The number of rotatable bonds is 4. The van der Waals surface area contributed by atoms with Crippen LogP contribution in [0.4, 0.5) is 5.13 Å². The summed E-state index contributed by atoms with van der Waals surface area (Å²) in [5.41, 5.74) is 3.72. The second-order valence-electron chi connectivity index (χ2n) is 6.12. The Morgan fingerprint density at radius 3 is 2.75 bits per heavy atom. The third-order valence-electron chi connectivity index (χ3n) is 4.02. The summed E-state index contributed by atoms with van der Waals surface area (Å²) in [4.78, 5) is 23.3. The van der Waals surface area contributed by atoms with Gasteiger partial charge in [-0.2, -0.15) is 0 Å². The Kier molecular flexibility index (Phi) is 5.37. The second-order valence-corrected chi connectivity index (χ2v) is 7.24. The monoisotopic (exact) mass is 342 g/mol. The molecule has 0 unspecified atom stereocenters. The number of carbonyl (C=O) groups excluding carboxylic acids is 1. The zero-order valence-electron chi connectivity index (χ0n) is 14.1. The van der Waals surface area contributed by atoms with Crippen molar-refractivity contribution in [3.63, 3.8) is 0 Å². The molecule has 2 aromatic rings. The molecule has 0 radical (unpaired) electrons. The first-order chi connectivity index (χ1) is 11.6. The highest BCUT2D eigenvalue weighted by Crippen LogP contribution is 2.24. The molecule has 24 heavy (non-hydrogen) atoms. The fourth-order valence-electron chi connectivity index (χ4n) is 2.75. The molecule has 1 amide bonds. The summed E-state index contributed by atoms with van der Waals surface area (Å²) >= 11 is 1.55. The van der Waals surface area contributed by atoms with E-state index in [1.54, 1.807) is 11.3 Å². The van der Waals surface area contributed by atoms with Crippen molar-refractivity contribution in [1.82, 2.24) is 14.9 Å². The molecule has 1 aliphatic rings. The van der Waals surface area contributed by atoms with E-state index < -0.39 is 0 Å². The lowest BCUT2D eigenvalue weighted by Gasteiger charge is -2.27. The predicted molar refractivity (Wildman–Crippen MR) is 97.9 cm³/mol. The molecule has 0 spiro atoms. The van der Waals surface area contributed by atoms with E-state index in [1.165, 1.54) is 22.9 Å². The smallest absolute Gasteiger partial charge is 0.223 e. The summed E-state index contributed by atoms with van der Waals surface area (Å²) in [5, 5.41) is 3.42. The number of aryl methyl sites for hydroxylation is 1. The van der Waals surface area contributed by atoms with Gasteiger partial charge in [-0.25, -0.2) is 4.98 Å². The first-order valence-corrected chi connectivity index (χ1v) is 8.97. The molecule has 1 aliphatic heterocycles. The molecule has 6 heteroatoms. The van der Waals surface area contributed by atoms with Gasteiger partial charge >= 0.3 is 0 Å². The van der Waals surface area contributed by atoms with Crippen molar-refractivity contribution in [2.45, 2.75) is 33.2 Å². The van der Waals surface area contributed by atoms with Gasteiger partial charge in [0, 0.05) is 49.5 Å². The van der Waals surface area contributed by atoms with Gasteiger partial charge in [-0.1, -0.05) is 17.7 Å². The van der Waals surface area contributed by atoms with Gasteiger partial charge in [0.1, 0.15) is 0 Å². The molecule has 2 aromatic heterocycles. The van der Waals surface area contributed by atoms with Gasteiger partial charge in [0.2, 0.25) is 5.91 Å². The zero-order chi connectivity index (χ0) is 16.9. The molecule has 126 valence electrons. The van der Waals surface area contributed by atoms with E-state index in [2.05, 4.69) is 38.4 Å². The van der Waals surface area contributed by atoms with E-state index in [4.69, 9.17) is 0 Å². The van der Waals surface area contributed by atoms with Crippen molar-refractivity contribution in [3.05, 3.63) is 46.2 Å². The number of aromatic nitrogens is 2. The Morgan fingerprint density at radius 1 is 1.29 bits per heavy atom. The van der Waals surface area contributed by atoms with Gasteiger partial charge < -0.3 is 5.32 Å². The van der Waals surface area contributed by atoms with E-state index in [-0.39, 0.29) is 5.91 Å². The Bertz CT molecular complexity index is 726. The number of hydrogen-bond donors (Lipinski definition) is 1. The predicted octanol–water partition coefficient (Wildman–Crippen LogP) is 3.48. The van der Waals surface area contributed by atoms with Crippen LogP contribution in [0, 0.1) is 6.92 Å². The Balaban J connectivity index is 1.52. The fraction of sp³-hybridized carbons (Fsp3) is 0.389. The molecule has 0 atom stereocenters. The summed E-state index contributed by atoms with van der Waals surface area (Å²) in [6.45, 7) is 6.52. The SMILES string of the molecule is CC(=O)Nc1ncc(CN2CCC(=Cc3ccc(C)nc3)CC2)s1. The van der Waals surface area contributed by atoms with E-state index in [1.807, 2.05) is 19.3 Å². The molecule has 1 fully saturated rings. The lowest BCUT2D eigenvalue weighted by Crippen LogP contribution is -2.29. The van der Waals surface area contributed by atoms with Crippen LogP contribution in [0.3, 0.4) is 0 Å². The number of thiazole rings is 1. The van der Waals surface area contributed by atoms with Crippen molar-refractivity contribution in [2.24, 2.45) is 0 Å². The standard InChI is InChI=1S/C18H22N4OS/c1-13-3-4-16(10-19-13)9-15-5-7-22(8-6-15)12-17-11-20-18(24-17)21-14(2)23/h3-4,9-11H,5-8,12H2,1-2H3,(H,20,21,23). The number of hydrogen-bond acceptors (Lipinski definition) is 5. The number of anilines is 1. The Hall–Kier alpha value is -2.05. The van der Waals surface area contributed by atoms with E-state index in [0.717, 1.165) is 38.2 Å². The van der Waals surface area contributed by atoms with Gasteiger partial charge in [-0.15, -0.1) is 11.3 Å². The van der Waals surface area contributed by atoms with Crippen LogP contribution in [0.25, 0.3) is 6.08 Å². The third kappa shape index (κ3) is 4.72. The number of carbonyl (C=O) groups is 1. The molecule has 0 aliphatic carbocycles. The van der Waals surface area contributed by atoms with Crippen LogP contribution in [0.15, 0.2) is 30.1 Å². The van der Waals surface area contributed by atoms with Crippen molar-refractivity contribution in [1.29, 1.82) is 0 Å². The highest BCUT2D eigenvalue weighted by atomic mass is 32.1. The molecule has 0 aromatic carbocycles. The maximum atomic E-state index is 11.1. The number of nitrogens with zero attached hydrogens (tertiary/aromatic N) is 3. The van der Waals surface area contributed by atoms with Gasteiger partial charge in [-0.3, -0.25) is 14.7 Å². The van der Waals surface area contributed by atoms with Crippen LogP contribution in [0.1, 0.15) is 35.9 Å². The molecule has 5 nitrogen and oxygen atoms in total. The van der Waals surface area contributed by atoms with Gasteiger partial charge in [0.15, 0.2) is 5.13 Å². The summed E-state index contributed by atoms with van der Waals surface area (Å²) < 4.78 is 0. The normalized spacial score (nSPS) is 15.3. The van der Waals surface area contributed by atoms with Crippen LogP contribution in [0.5, 0.6) is 0 Å². The molecule has 1 N–H and O–H groups in total. The third-order valence-corrected chi connectivity index (χ3v) is 4.92. The zero-order valence-corrected chi connectivity index (χ0v) is 14.9. The molecule has 1 saturated heterocycles. The fourth-order valence-corrected chi connectivity index (χ4v) is 3.65. The number of pyridine rings is 1. The number of nitrogens with one attached hydrogen (secondary N) is 1.